The molecule has 1 aromatic rings. The molecule has 26 heavy (non-hydrogen) atoms. The van der Waals surface area contributed by atoms with E-state index < -0.39 is 11.9 Å². The van der Waals surface area contributed by atoms with E-state index >= 15 is 0 Å². The first-order valence-corrected chi connectivity index (χ1v) is 8.66. The van der Waals surface area contributed by atoms with Crippen molar-refractivity contribution in [2.24, 2.45) is 11.8 Å². The van der Waals surface area contributed by atoms with Crippen LogP contribution in [0.2, 0.25) is 0 Å². The lowest BCUT2D eigenvalue weighted by atomic mass is 9.92. The lowest BCUT2D eigenvalue weighted by Crippen LogP contribution is -2.42. The van der Waals surface area contributed by atoms with Gasteiger partial charge in [-0.25, -0.2) is 9.59 Å². The molecule has 1 saturated heterocycles. The topological polar surface area (TPSA) is 84.9 Å². The largest absolute Gasteiger partial charge is 0.465 e. The first-order chi connectivity index (χ1) is 12.3. The molecule has 1 heterocycles. The number of benzene rings is 1. The fourth-order valence-electron chi connectivity index (χ4n) is 3.50. The third kappa shape index (κ3) is 5.29. The van der Waals surface area contributed by atoms with Gasteiger partial charge in [-0.3, -0.25) is 9.69 Å². The minimum atomic E-state index is -0.593. The number of nitrogens with zero attached hydrogens (tertiary/aromatic N) is 1. The second kappa shape index (κ2) is 8.80. The van der Waals surface area contributed by atoms with Gasteiger partial charge in [-0.15, -0.1) is 0 Å². The molecule has 1 aromatic carbocycles. The van der Waals surface area contributed by atoms with Gasteiger partial charge < -0.3 is 14.8 Å². The fourth-order valence-corrected chi connectivity index (χ4v) is 3.50. The van der Waals surface area contributed by atoms with E-state index in [1.54, 1.807) is 0 Å². The maximum atomic E-state index is 12.4. The summed E-state index contributed by atoms with van der Waals surface area (Å²) < 4.78 is 9.40. The van der Waals surface area contributed by atoms with Crippen molar-refractivity contribution in [1.82, 2.24) is 4.90 Å². The molecule has 0 radical (unpaired) electrons. The summed E-state index contributed by atoms with van der Waals surface area (Å²) >= 11 is 0. The summed E-state index contributed by atoms with van der Waals surface area (Å²) in [6.07, 6.45) is 1.17. The van der Waals surface area contributed by atoms with E-state index in [9.17, 15) is 14.4 Å². The van der Waals surface area contributed by atoms with Crippen LogP contribution in [0.1, 0.15) is 41.0 Å². The predicted octanol–water partition coefficient (Wildman–Crippen LogP) is 2.18. The van der Waals surface area contributed by atoms with Gasteiger partial charge >= 0.3 is 11.9 Å². The van der Waals surface area contributed by atoms with Gasteiger partial charge in [0.25, 0.3) is 0 Å². The average Bonchev–Trinajstić information content (AvgIpc) is 2.58. The summed E-state index contributed by atoms with van der Waals surface area (Å²) in [5, 5.41) is 2.76. The molecule has 0 saturated carbocycles. The normalized spacial score (nSPS) is 20.3. The number of carbonyl (C=O) groups excluding carboxylic acids is 3. The standard InChI is InChI=1S/C19H26N2O5/c1-12-5-13(2)10-21(9-12)11-17(22)20-16-7-14(18(23)25-3)6-15(8-16)19(24)26-4/h6-8,12-13H,5,9-11H2,1-4H3,(H,20,22)/t12-,13-/m1/s1. The Morgan fingerprint density at radius 1 is 1.00 bits per heavy atom. The number of hydrogen-bond acceptors (Lipinski definition) is 6. The van der Waals surface area contributed by atoms with Crippen LogP contribution in [0.25, 0.3) is 0 Å². The molecular weight excluding hydrogens is 336 g/mol. The lowest BCUT2D eigenvalue weighted by Gasteiger charge is -2.34. The quantitative estimate of drug-likeness (QED) is 0.808. The lowest BCUT2D eigenvalue weighted by molar-refractivity contribution is -0.117. The molecule has 0 unspecified atom stereocenters. The summed E-state index contributed by atoms with van der Waals surface area (Å²) in [5.41, 5.74) is 0.702. The van der Waals surface area contributed by atoms with Gasteiger partial charge in [0.1, 0.15) is 0 Å². The third-order valence-electron chi connectivity index (χ3n) is 4.37. The summed E-state index contributed by atoms with van der Waals surface area (Å²) in [4.78, 5) is 38.2. The molecule has 7 nitrogen and oxygen atoms in total. The zero-order chi connectivity index (χ0) is 19.3. The molecule has 2 atom stereocenters. The number of esters is 2. The Bertz CT molecular complexity index is 644. The maximum absolute atomic E-state index is 12.4. The number of nitrogens with one attached hydrogen (secondary N) is 1. The van der Waals surface area contributed by atoms with Gasteiger partial charge in [-0.2, -0.15) is 0 Å². The van der Waals surface area contributed by atoms with E-state index in [1.165, 1.54) is 38.8 Å². The summed E-state index contributed by atoms with van der Waals surface area (Å²) in [6.45, 7) is 6.40. The van der Waals surface area contributed by atoms with Crippen LogP contribution in [-0.2, 0) is 14.3 Å². The van der Waals surface area contributed by atoms with E-state index in [0.29, 0.717) is 17.5 Å². The minimum absolute atomic E-state index is 0.172. The molecule has 0 spiro atoms. The molecule has 2 rings (SSSR count). The molecular formula is C19H26N2O5. The van der Waals surface area contributed by atoms with Gasteiger partial charge in [0.05, 0.1) is 31.9 Å². The van der Waals surface area contributed by atoms with Crippen molar-refractivity contribution in [2.75, 3.05) is 39.2 Å². The number of methoxy groups -OCH3 is 2. The highest BCUT2D eigenvalue weighted by molar-refractivity contribution is 5.99. The van der Waals surface area contributed by atoms with Crippen LogP contribution in [0.15, 0.2) is 18.2 Å². The number of piperidine rings is 1. The van der Waals surface area contributed by atoms with Crippen molar-refractivity contribution >= 4 is 23.5 Å². The van der Waals surface area contributed by atoms with Gasteiger partial charge in [0, 0.05) is 18.8 Å². The Labute approximate surface area is 153 Å². The van der Waals surface area contributed by atoms with Gasteiger partial charge in [-0.05, 0) is 36.5 Å². The predicted molar refractivity (Wildman–Crippen MR) is 97.1 cm³/mol. The van der Waals surface area contributed by atoms with Crippen molar-refractivity contribution < 1.29 is 23.9 Å². The Kier molecular flexibility index (Phi) is 6.74. The number of carbonyl (C=O) groups is 3. The van der Waals surface area contributed by atoms with Gasteiger partial charge in [-0.1, -0.05) is 13.8 Å². The van der Waals surface area contributed by atoms with E-state index in [1.807, 2.05) is 0 Å². The third-order valence-corrected chi connectivity index (χ3v) is 4.37. The SMILES string of the molecule is COC(=O)c1cc(NC(=O)CN2C[C@H](C)C[C@@H](C)C2)cc(C(=O)OC)c1. The van der Waals surface area contributed by atoms with E-state index in [4.69, 9.17) is 9.47 Å². The van der Waals surface area contributed by atoms with Crippen LogP contribution in [0.4, 0.5) is 5.69 Å². The first-order valence-electron chi connectivity index (χ1n) is 8.66. The van der Waals surface area contributed by atoms with Crippen molar-refractivity contribution in [2.45, 2.75) is 20.3 Å². The molecule has 0 aliphatic carbocycles. The smallest absolute Gasteiger partial charge is 0.337 e. The molecule has 1 fully saturated rings. The molecule has 1 aliphatic rings. The van der Waals surface area contributed by atoms with Crippen LogP contribution in [0, 0.1) is 11.8 Å². The number of hydrogen-bond donors (Lipinski definition) is 1. The second-order valence-electron chi connectivity index (χ2n) is 6.97. The van der Waals surface area contributed by atoms with Gasteiger partial charge in [0.2, 0.25) is 5.91 Å². The van der Waals surface area contributed by atoms with Crippen molar-refractivity contribution in [1.29, 1.82) is 0 Å². The summed E-state index contributed by atoms with van der Waals surface area (Å²) in [6, 6.07) is 4.34. The highest BCUT2D eigenvalue weighted by Gasteiger charge is 2.23. The monoisotopic (exact) mass is 362 g/mol. The minimum Gasteiger partial charge on any atom is -0.465 e. The van der Waals surface area contributed by atoms with Crippen LogP contribution in [-0.4, -0.2) is 56.6 Å². The van der Waals surface area contributed by atoms with Crippen LogP contribution >= 0.6 is 0 Å². The van der Waals surface area contributed by atoms with Crippen LogP contribution < -0.4 is 5.32 Å². The molecule has 1 amide bonds. The zero-order valence-electron chi connectivity index (χ0n) is 15.7. The number of rotatable bonds is 5. The Balaban J connectivity index is 2.12. The molecule has 142 valence electrons. The van der Waals surface area contributed by atoms with Crippen LogP contribution in [0.5, 0.6) is 0 Å². The number of likely N-dealkylation sites (tertiary alicyclic amines) is 1. The van der Waals surface area contributed by atoms with Gasteiger partial charge in [0.15, 0.2) is 0 Å². The van der Waals surface area contributed by atoms with Crippen molar-refractivity contribution in [3.05, 3.63) is 29.3 Å². The second-order valence-corrected chi connectivity index (χ2v) is 6.97. The van der Waals surface area contributed by atoms with Crippen molar-refractivity contribution in [3.63, 3.8) is 0 Å². The average molecular weight is 362 g/mol. The molecule has 0 bridgehead atoms. The molecule has 1 aliphatic heterocycles. The van der Waals surface area contributed by atoms with Crippen molar-refractivity contribution in [3.8, 4) is 0 Å². The number of ether oxygens (including phenoxy) is 2. The fraction of sp³-hybridized carbons (Fsp3) is 0.526. The highest BCUT2D eigenvalue weighted by Crippen LogP contribution is 2.21. The molecule has 7 heteroatoms. The van der Waals surface area contributed by atoms with E-state index in [-0.39, 0.29) is 23.6 Å². The van der Waals surface area contributed by atoms with E-state index in [0.717, 1.165) is 13.1 Å². The summed E-state index contributed by atoms with van der Waals surface area (Å²) in [7, 11) is 2.51. The zero-order valence-corrected chi connectivity index (χ0v) is 15.7. The Hall–Kier alpha value is -2.41. The van der Waals surface area contributed by atoms with E-state index in [2.05, 4.69) is 24.1 Å². The Morgan fingerprint density at radius 3 is 1.96 bits per heavy atom. The Morgan fingerprint density at radius 2 is 1.50 bits per heavy atom. The first kappa shape index (κ1) is 19.9. The molecule has 1 N–H and O–H groups in total. The van der Waals surface area contributed by atoms with Crippen LogP contribution in [0.3, 0.4) is 0 Å². The highest BCUT2D eigenvalue weighted by atomic mass is 16.5. The maximum Gasteiger partial charge on any atom is 0.337 e. The summed E-state index contributed by atoms with van der Waals surface area (Å²) in [5.74, 6) is -0.265. The number of anilines is 1. The number of amides is 1. The molecule has 0 aromatic heterocycles.